The van der Waals surface area contributed by atoms with Crippen LogP contribution in [-0.4, -0.2) is 62.0 Å². The van der Waals surface area contributed by atoms with Crippen LogP contribution in [0.2, 0.25) is 0 Å². The summed E-state index contributed by atoms with van der Waals surface area (Å²) in [6, 6.07) is 0.628. The lowest BCUT2D eigenvalue weighted by Gasteiger charge is -2.33. The Morgan fingerprint density at radius 3 is 2.56 bits per heavy atom. The van der Waals surface area contributed by atoms with E-state index < -0.39 is 0 Å². The molecule has 1 unspecified atom stereocenters. The van der Waals surface area contributed by atoms with Crippen LogP contribution < -0.4 is 5.32 Å². The molecule has 4 heteroatoms. The van der Waals surface area contributed by atoms with Crippen LogP contribution in [-0.2, 0) is 4.74 Å². The Kier molecular flexibility index (Phi) is 7.82. The minimum absolute atomic E-state index is 0.330. The average Bonchev–Trinajstić information content (AvgIpc) is 2.31. The first-order chi connectivity index (χ1) is 8.61. The monoisotopic (exact) mass is 258 g/mol. The molecule has 1 aliphatic rings. The van der Waals surface area contributed by atoms with Gasteiger partial charge in [-0.15, -0.1) is 0 Å². The maximum absolute atomic E-state index is 9.55. The van der Waals surface area contributed by atoms with E-state index in [1.54, 1.807) is 7.11 Å². The van der Waals surface area contributed by atoms with Crippen molar-refractivity contribution in [1.29, 1.82) is 0 Å². The van der Waals surface area contributed by atoms with Crippen LogP contribution in [0.5, 0.6) is 0 Å². The standard InChI is InChI=1S/C14H30N2O2/c1-12(2)10-16-8-5-13(6-9-16)15-7-4-14(17)11-18-3/h12-15,17H,4-11H2,1-3H3. The third kappa shape index (κ3) is 6.69. The Bertz CT molecular complexity index is 204. The van der Waals surface area contributed by atoms with E-state index in [2.05, 4.69) is 24.1 Å². The third-order valence-electron chi connectivity index (χ3n) is 3.48. The molecule has 0 aromatic carbocycles. The molecule has 0 aromatic rings. The molecular weight excluding hydrogens is 228 g/mol. The van der Waals surface area contributed by atoms with Crippen molar-refractivity contribution in [2.75, 3.05) is 39.9 Å². The number of ether oxygens (including phenoxy) is 1. The Morgan fingerprint density at radius 2 is 2.00 bits per heavy atom. The van der Waals surface area contributed by atoms with Crippen LogP contribution in [0.3, 0.4) is 0 Å². The smallest absolute Gasteiger partial charge is 0.0785 e. The molecule has 0 bridgehead atoms. The molecule has 0 spiro atoms. The largest absolute Gasteiger partial charge is 0.391 e. The molecule has 0 amide bonds. The van der Waals surface area contributed by atoms with Crippen LogP contribution >= 0.6 is 0 Å². The van der Waals surface area contributed by atoms with Gasteiger partial charge in [-0.3, -0.25) is 0 Å². The van der Waals surface area contributed by atoms with E-state index in [0.29, 0.717) is 12.6 Å². The van der Waals surface area contributed by atoms with Crippen LogP contribution in [0.4, 0.5) is 0 Å². The summed E-state index contributed by atoms with van der Waals surface area (Å²) in [7, 11) is 1.63. The van der Waals surface area contributed by atoms with Gasteiger partial charge in [-0.2, -0.15) is 0 Å². The Hall–Kier alpha value is -0.160. The van der Waals surface area contributed by atoms with Crippen molar-refractivity contribution in [3.63, 3.8) is 0 Å². The number of hydrogen-bond donors (Lipinski definition) is 2. The van der Waals surface area contributed by atoms with Gasteiger partial charge in [0.1, 0.15) is 0 Å². The second-order valence-electron chi connectivity index (χ2n) is 5.82. The number of nitrogens with one attached hydrogen (secondary N) is 1. The quantitative estimate of drug-likeness (QED) is 0.684. The fourth-order valence-electron chi connectivity index (χ4n) is 2.57. The predicted octanol–water partition coefficient (Wildman–Crippen LogP) is 1.09. The minimum atomic E-state index is -0.330. The summed E-state index contributed by atoms with van der Waals surface area (Å²) < 4.78 is 4.91. The number of nitrogens with zero attached hydrogens (tertiary/aromatic N) is 1. The SMILES string of the molecule is COCC(O)CCNC1CCN(CC(C)C)CC1. The molecule has 1 heterocycles. The summed E-state index contributed by atoms with van der Waals surface area (Å²) in [6.45, 7) is 9.52. The summed E-state index contributed by atoms with van der Waals surface area (Å²) in [6.07, 6.45) is 2.91. The average molecular weight is 258 g/mol. The highest BCUT2D eigenvalue weighted by Crippen LogP contribution is 2.12. The van der Waals surface area contributed by atoms with Crippen molar-refractivity contribution in [1.82, 2.24) is 10.2 Å². The molecule has 1 aliphatic heterocycles. The number of piperidine rings is 1. The van der Waals surface area contributed by atoms with Gasteiger partial charge in [0.2, 0.25) is 0 Å². The van der Waals surface area contributed by atoms with Gasteiger partial charge in [-0.1, -0.05) is 13.8 Å². The van der Waals surface area contributed by atoms with Crippen LogP contribution in [0, 0.1) is 5.92 Å². The fraction of sp³-hybridized carbons (Fsp3) is 1.00. The number of rotatable bonds is 8. The van der Waals surface area contributed by atoms with E-state index in [9.17, 15) is 5.11 Å². The lowest BCUT2D eigenvalue weighted by atomic mass is 10.0. The molecule has 0 saturated carbocycles. The highest BCUT2D eigenvalue weighted by molar-refractivity contribution is 4.77. The van der Waals surface area contributed by atoms with Crippen LogP contribution in [0.15, 0.2) is 0 Å². The van der Waals surface area contributed by atoms with Crippen LogP contribution in [0.25, 0.3) is 0 Å². The molecule has 1 rings (SSSR count). The first kappa shape index (κ1) is 15.9. The van der Waals surface area contributed by atoms with Gasteiger partial charge in [0.05, 0.1) is 12.7 Å². The summed E-state index contributed by atoms with van der Waals surface area (Å²) in [5, 5.41) is 13.1. The first-order valence-corrected chi connectivity index (χ1v) is 7.24. The number of methoxy groups -OCH3 is 1. The number of aliphatic hydroxyl groups is 1. The number of hydrogen-bond acceptors (Lipinski definition) is 4. The molecule has 2 N–H and O–H groups in total. The Balaban J connectivity index is 2.05. The molecule has 0 aromatic heterocycles. The van der Waals surface area contributed by atoms with Crippen molar-refractivity contribution in [2.24, 2.45) is 5.92 Å². The fourth-order valence-corrected chi connectivity index (χ4v) is 2.57. The minimum Gasteiger partial charge on any atom is -0.391 e. The Morgan fingerprint density at radius 1 is 1.33 bits per heavy atom. The number of aliphatic hydroxyl groups excluding tert-OH is 1. The van der Waals surface area contributed by atoms with E-state index in [0.717, 1.165) is 18.9 Å². The van der Waals surface area contributed by atoms with E-state index >= 15 is 0 Å². The maximum atomic E-state index is 9.55. The first-order valence-electron chi connectivity index (χ1n) is 7.24. The van der Waals surface area contributed by atoms with Gasteiger partial charge in [0, 0.05) is 19.7 Å². The molecular formula is C14H30N2O2. The molecule has 108 valence electrons. The lowest BCUT2D eigenvalue weighted by molar-refractivity contribution is 0.0583. The topological polar surface area (TPSA) is 44.7 Å². The van der Waals surface area contributed by atoms with Crippen molar-refractivity contribution >= 4 is 0 Å². The molecule has 0 aliphatic carbocycles. The van der Waals surface area contributed by atoms with E-state index in [4.69, 9.17) is 4.74 Å². The zero-order valence-corrected chi connectivity index (χ0v) is 12.2. The molecule has 1 fully saturated rings. The highest BCUT2D eigenvalue weighted by Gasteiger charge is 2.19. The van der Waals surface area contributed by atoms with Gasteiger partial charge < -0.3 is 20.1 Å². The van der Waals surface area contributed by atoms with Crippen LogP contribution in [0.1, 0.15) is 33.1 Å². The highest BCUT2D eigenvalue weighted by atomic mass is 16.5. The third-order valence-corrected chi connectivity index (χ3v) is 3.48. The molecule has 1 saturated heterocycles. The maximum Gasteiger partial charge on any atom is 0.0785 e. The second-order valence-corrected chi connectivity index (χ2v) is 5.82. The number of likely N-dealkylation sites (tertiary alicyclic amines) is 1. The lowest BCUT2D eigenvalue weighted by Crippen LogP contribution is -2.44. The summed E-state index contributed by atoms with van der Waals surface area (Å²) in [4.78, 5) is 2.56. The second kappa shape index (κ2) is 8.86. The zero-order chi connectivity index (χ0) is 13.4. The van der Waals surface area contributed by atoms with Gasteiger partial charge in [-0.25, -0.2) is 0 Å². The van der Waals surface area contributed by atoms with Gasteiger partial charge in [-0.05, 0) is 44.8 Å². The zero-order valence-electron chi connectivity index (χ0n) is 12.2. The molecule has 4 nitrogen and oxygen atoms in total. The Labute approximate surface area is 112 Å². The van der Waals surface area contributed by atoms with E-state index in [1.165, 1.54) is 32.5 Å². The van der Waals surface area contributed by atoms with E-state index in [-0.39, 0.29) is 6.10 Å². The summed E-state index contributed by atoms with van der Waals surface area (Å²) >= 11 is 0. The molecule has 1 atom stereocenters. The van der Waals surface area contributed by atoms with Crippen molar-refractivity contribution in [3.05, 3.63) is 0 Å². The summed E-state index contributed by atoms with van der Waals surface area (Å²) in [5.74, 6) is 0.763. The van der Waals surface area contributed by atoms with Crippen molar-refractivity contribution in [3.8, 4) is 0 Å². The predicted molar refractivity (Wildman–Crippen MR) is 74.8 cm³/mol. The van der Waals surface area contributed by atoms with Gasteiger partial charge in [0.25, 0.3) is 0 Å². The van der Waals surface area contributed by atoms with Crippen molar-refractivity contribution in [2.45, 2.75) is 45.3 Å². The summed E-state index contributed by atoms with van der Waals surface area (Å²) in [5.41, 5.74) is 0. The van der Waals surface area contributed by atoms with E-state index in [1.807, 2.05) is 0 Å². The molecule has 0 radical (unpaired) electrons. The normalized spacial score (nSPS) is 20.5. The van der Waals surface area contributed by atoms with Gasteiger partial charge in [0.15, 0.2) is 0 Å². The van der Waals surface area contributed by atoms with Gasteiger partial charge >= 0.3 is 0 Å². The molecule has 18 heavy (non-hydrogen) atoms. The van der Waals surface area contributed by atoms with Crippen molar-refractivity contribution < 1.29 is 9.84 Å².